The van der Waals surface area contributed by atoms with E-state index >= 15 is 0 Å². The number of aliphatic imine (C=N–C) groups is 1. The molecule has 166 valence electrons. The number of H-pyrrole nitrogens is 1. The minimum absolute atomic E-state index is 0.228. The SMILES string of the molecule is C/C=C1/C=C(c2c[nH]c3cc(F)ccc23)C=CC1=NC.CCC(C)CC1CCNCC1. The van der Waals surface area contributed by atoms with E-state index in [4.69, 9.17) is 0 Å². The van der Waals surface area contributed by atoms with E-state index in [9.17, 15) is 4.39 Å². The Bertz CT molecular complexity index is 987. The van der Waals surface area contributed by atoms with E-state index in [0.29, 0.717) is 0 Å². The van der Waals surface area contributed by atoms with Crippen molar-refractivity contribution in [3.05, 3.63) is 65.7 Å². The molecule has 0 radical (unpaired) electrons. The molecule has 1 aromatic heterocycles. The molecular weight excluding hydrogens is 385 g/mol. The standard InChI is InChI=1S/C17H15FN2.C10H21N/c1-3-11-8-12(4-7-16(11)19-2)15-10-20-17-9-13(18)5-6-14(15)17;1-3-9(2)8-10-4-6-11-7-5-10/h3-10,20H,1-2H3;9-11H,3-8H2,1-2H3/b11-3-,19-16?;. The van der Waals surface area contributed by atoms with Crippen LogP contribution >= 0.6 is 0 Å². The van der Waals surface area contributed by atoms with E-state index in [2.05, 4.69) is 35.2 Å². The highest BCUT2D eigenvalue weighted by molar-refractivity contribution is 6.15. The number of piperidine rings is 1. The molecule has 1 aliphatic carbocycles. The van der Waals surface area contributed by atoms with Gasteiger partial charge >= 0.3 is 0 Å². The molecule has 0 spiro atoms. The third-order valence-corrected chi connectivity index (χ3v) is 6.43. The molecular formula is C27H36FN3. The lowest BCUT2D eigenvalue weighted by Gasteiger charge is -2.24. The number of allylic oxidation sites excluding steroid dienone is 6. The average molecular weight is 422 g/mol. The summed E-state index contributed by atoms with van der Waals surface area (Å²) in [6, 6.07) is 4.81. The minimum atomic E-state index is -0.228. The fourth-order valence-electron chi connectivity index (χ4n) is 4.35. The lowest BCUT2D eigenvalue weighted by atomic mass is 9.88. The van der Waals surface area contributed by atoms with Crippen molar-refractivity contribution < 1.29 is 4.39 Å². The highest BCUT2D eigenvalue weighted by Crippen LogP contribution is 2.30. The summed E-state index contributed by atoms with van der Waals surface area (Å²) in [5.74, 6) is 1.73. The predicted octanol–water partition coefficient (Wildman–Crippen LogP) is 6.70. The number of nitrogens with zero attached hydrogens (tertiary/aromatic N) is 1. The zero-order chi connectivity index (χ0) is 22.2. The summed E-state index contributed by atoms with van der Waals surface area (Å²) in [5, 5.41) is 4.43. The summed E-state index contributed by atoms with van der Waals surface area (Å²) in [7, 11) is 1.79. The maximum Gasteiger partial charge on any atom is 0.125 e. The third kappa shape index (κ3) is 6.04. The van der Waals surface area contributed by atoms with Crippen molar-refractivity contribution >= 4 is 22.2 Å². The fourth-order valence-corrected chi connectivity index (χ4v) is 4.35. The van der Waals surface area contributed by atoms with Crippen LogP contribution in [-0.2, 0) is 0 Å². The molecule has 1 atom stereocenters. The van der Waals surface area contributed by atoms with Gasteiger partial charge in [0.05, 0.1) is 5.71 Å². The second kappa shape index (κ2) is 11.2. The second-order valence-electron chi connectivity index (χ2n) is 8.62. The van der Waals surface area contributed by atoms with Gasteiger partial charge in [0.2, 0.25) is 0 Å². The van der Waals surface area contributed by atoms with Gasteiger partial charge in [-0.2, -0.15) is 0 Å². The topological polar surface area (TPSA) is 40.2 Å². The number of nitrogens with one attached hydrogen (secondary N) is 2. The minimum Gasteiger partial charge on any atom is -0.360 e. The lowest BCUT2D eigenvalue weighted by molar-refractivity contribution is 0.305. The summed E-state index contributed by atoms with van der Waals surface area (Å²) in [6.45, 7) is 9.17. The normalized spacial score (nSPS) is 20.6. The number of halogens is 1. The largest absolute Gasteiger partial charge is 0.360 e. The average Bonchev–Trinajstić information content (AvgIpc) is 3.22. The van der Waals surface area contributed by atoms with Crippen molar-refractivity contribution in [2.24, 2.45) is 16.8 Å². The monoisotopic (exact) mass is 421 g/mol. The number of hydrogen-bond donors (Lipinski definition) is 2. The maximum atomic E-state index is 13.2. The molecule has 1 saturated heterocycles. The molecule has 2 aliphatic rings. The number of fused-ring (bicyclic) bond motifs is 1. The van der Waals surface area contributed by atoms with Gasteiger partial charge in [-0.25, -0.2) is 4.39 Å². The molecule has 1 aliphatic heterocycles. The van der Waals surface area contributed by atoms with E-state index in [-0.39, 0.29) is 5.82 Å². The van der Waals surface area contributed by atoms with Crippen LogP contribution in [0, 0.1) is 17.7 Å². The molecule has 4 heteroatoms. The van der Waals surface area contributed by atoms with E-state index in [1.807, 2.05) is 37.4 Å². The van der Waals surface area contributed by atoms with Crippen LogP contribution in [0.5, 0.6) is 0 Å². The first kappa shape index (κ1) is 23.2. The third-order valence-electron chi connectivity index (χ3n) is 6.43. The van der Waals surface area contributed by atoms with Crippen molar-refractivity contribution in [1.82, 2.24) is 10.3 Å². The van der Waals surface area contributed by atoms with Crippen molar-refractivity contribution in [2.75, 3.05) is 20.1 Å². The van der Waals surface area contributed by atoms with Crippen LogP contribution in [0.1, 0.15) is 52.0 Å². The zero-order valence-electron chi connectivity index (χ0n) is 19.3. The summed E-state index contributed by atoms with van der Waals surface area (Å²) in [6.07, 6.45) is 15.7. The molecule has 2 aromatic rings. The number of rotatable bonds is 4. The van der Waals surface area contributed by atoms with E-state index < -0.39 is 0 Å². The smallest absolute Gasteiger partial charge is 0.125 e. The van der Waals surface area contributed by atoms with Crippen LogP contribution in [0.2, 0.25) is 0 Å². The Hall–Kier alpha value is -2.46. The van der Waals surface area contributed by atoms with Gasteiger partial charge in [0.15, 0.2) is 0 Å². The van der Waals surface area contributed by atoms with Crippen molar-refractivity contribution in [1.29, 1.82) is 0 Å². The van der Waals surface area contributed by atoms with Gasteiger partial charge in [-0.05, 0) is 92.6 Å². The van der Waals surface area contributed by atoms with Gasteiger partial charge in [-0.15, -0.1) is 0 Å². The number of aromatic nitrogens is 1. The summed E-state index contributed by atoms with van der Waals surface area (Å²) < 4.78 is 13.2. The summed E-state index contributed by atoms with van der Waals surface area (Å²) >= 11 is 0. The Morgan fingerprint density at radius 1 is 1.23 bits per heavy atom. The summed E-state index contributed by atoms with van der Waals surface area (Å²) in [4.78, 5) is 7.37. The molecule has 1 unspecified atom stereocenters. The van der Waals surface area contributed by atoms with Crippen LogP contribution in [0.25, 0.3) is 16.5 Å². The van der Waals surface area contributed by atoms with E-state index in [0.717, 1.165) is 45.2 Å². The Kier molecular flexibility index (Phi) is 8.42. The van der Waals surface area contributed by atoms with E-state index in [1.54, 1.807) is 7.05 Å². The molecule has 31 heavy (non-hydrogen) atoms. The highest BCUT2D eigenvalue weighted by Gasteiger charge is 2.15. The second-order valence-corrected chi connectivity index (χ2v) is 8.62. The van der Waals surface area contributed by atoms with Crippen molar-refractivity contribution in [2.45, 2.75) is 46.5 Å². The zero-order valence-corrected chi connectivity index (χ0v) is 19.3. The number of aromatic amines is 1. The van der Waals surface area contributed by atoms with Crippen LogP contribution < -0.4 is 5.32 Å². The molecule has 3 nitrogen and oxygen atoms in total. The van der Waals surface area contributed by atoms with Gasteiger partial charge < -0.3 is 10.3 Å². The summed E-state index contributed by atoms with van der Waals surface area (Å²) in [5.41, 5.74) is 5.06. The van der Waals surface area contributed by atoms with Crippen LogP contribution in [-0.4, -0.2) is 30.8 Å². The quantitative estimate of drug-likeness (QED) is 0.566. The van der Waals surface area contributed by atoms with Gasteiger partial charge in [-0.3, -0.25) is 4.99 Å². The van der Waals surface area contributed by atoms with Crippen molar-refractivity contribution in [3.8, 4) is 0 Å². The molecule has 0 saturated carbocycles. The highest BCUT2D eigenvalue weighted by atomic mass is 19.1. The van der Waals surface area contributed by atoms with Crippen molar-refractivity contribution in [3.63, 3.8) is 0 Å². The van der Waals surface area contributed by atoms with Gasteiger partial charge in [0, 0.05) is 29.7 Å². The molecule has 0 amide bonds. The molecule has 0 bridgehead atoms. The first-order valence-electron chi connectivity index (χ1n) is 11.6. The Morgan fingerprint density at radius 2 is 2.00 bits per heavy atom. The maximum absolute atomic E-state index is 13.2. The predicted molar refractivity (Wildman–Crippen MR) is 132 cm³/mol. The lowest BCUT2D eigenvalue weighted by Crippen LogP contribution is -2.28. The Morgan fingerprint density at radius 3 is 2.68 bits per heavy atom. The molecule has 2 N–H and O–H groups in total. The van der Waals surface area contributed by atoms with Gasteiger partial charge in [0.25, 0.3) is 0 Å². The Balaban J connectivity index is 0.000000210. The number of benzene rings is 1. The molecule has 1 fully saturated rings. The van der Waals surface area contributed by atoms with Crippen LogP contribution in [0.4, 0.5) is 4.39 Å². The van der Waals surface area contributed by atoms with Crippen LogP contribution in [0.3, 0.4) is 0 Å². The van der Waals surface area contributed by atoms with E-state index in [1.165, 1.54) is 50.9 Å². The first-order valence-corrected chi connectivity index (χ1v) is 11.6. The van der Waals surface area contributed by atoms with Gasteiger partial charge in [0.1, 0.15) is 5.82 Å². The first-order chi connectivity index (χ1) is 15.0. The molecule has 4 rings (SSSR count). The molecule has 1 aromatic carbocycles. The van der Waals surface area contributed by atoms with Gasteiger partial charge in [-0.1, -0.05) is 32.4 Å². The molecule has 2 heterocycles. The van der Waals surface area contributed by atoms with Crippen LogP contribution in [0.15, 0.2) is 59.3 Å². The fraction of sp³-hybridized carbons (Fsp3) is 0.444. The number of hydrogen-bond acceptors (Lipinski definition) is 2. The Labute approximate surface area is 186 Å².